The van der Waals surface area contributed by atoms with Gasteiger partial charge < -0.3 is 15.4 Å². The molecule has 1 aromatic carbocycles. The molecule has 110 valence electrons. The van der Waals surface area contributed by atoms with Crippen LogP contribution in [0.15, 0.2) is 24.3 Å². The number of para-hydroxylation sites is 1. The third kappa shape index (κ3) is 3.97. The van der Waals surface area contributed by atoms with E-state index >= 15 is 0 Å². The molecular weight excluding hydrogens is 252 g/mol. The van der Waals surface area contributed by atoms with Crippen molar-refractivity contribution in [3.05, 3.63) is 29.8 Å². The van der Waals surface area contributed by atoms with Crippen LogP contribution in [0, 0.1) is 0 Å². The molecule has 0 saturated carbocycles. The predicted molar refractivity (Wildman–Crippen MR) is 81.0 cm³/mol. The lowest BCUT2D eigenvalue weighted by Crippen LogP contribution is -2.31. The quantitative estimate of drug-likeness (QED) is 0.717. The first-order chi connectivity index (χ1) is 9.83. The van der Waals surface area contributed by atoms with Gasteiger partial charge in [0, 0.05) is 32.0 Å². The summed E-state index contributed by atoms with van der Waals surface area (Å²) in [4.78, 5) is 12.2. The van der Waals surface area contributed by atoms with E-state index < -0.39 is 0 Å². The van der Waals surface area contributed by atoms with E-state index in [0.29, 0.717) is 13.1 Å². The molecule has 0 aliphatic carbocycles. The van der Waals surface area contributed by atoms with Crippen molar-refractivity contribution in [2.24, 2.45) is 0 Å². The van der Waals surface area contributed by atoms with Crippen molar-refractivity contribution in [1.82, 2.24) is 5.32 Å². The van der Waals surface area contributed by atoms with Gasteiger partial charge in [-0.25, -0.2) is 0 Å². The summed E-state index contributed by atoms with van der Waals surface area (Å²) < 4.78 is 5.47. The fourth-order valence-electron chi connectivity index (χ4n) is 2.38. The maximum atomic E-state index is 12.2. The van der Waals surface area contributed by atoms with Crippen LogP contribution in [0.3, 0.4) is 0 Å². The second kappa shape index (κ2) is 7.90. The minimum absolute atomic E-state index is 0.0628. The Bertz CT molecular complexity index is 434. The largest absolute Gasteiger partial charge is 0.384 e. The zero-order chi connectivity index (χ0) is 14.2. The lowest BCUT2D eigenvalue weighted by molar-refractivity contribution is -0.122. The van der Waals surface area contributed by atoms with Crippen molar-refractivity contribution in [2.45, 2.75) is 32.1 Å². The van der Waals surface area contributed by atoms with Gasteiger partial charge >= 0.3 is 0 Å². The first-order valence-corrected chi connectivity index (χ1v) is 7.51. The van der Waals surface area contributed by atoms with Crippen LogP contribution in [-0.4, -0.2) is 32.2 Å². The molecule has 1 aliphatic rings. The van der Waals surface area contributed by atoms with Gasteiger partial charge in [-0.1, -0.05) is 31.5 Å². The molecule has 1 amide bonds. The SMILES string of the molecule is CCCCOCCCNC(=O)C1CNc2ccccc21. The van der Waals surface area contributed by atoms with Crippen LogP contribution in [0.25, 0.3) is 0 Å². The highest BCUT2D eigenvalue weighted by atomic mass is 16.5. The summed E-state index contributed by atoms with van der Waals surface area (Å²) in [5, 5.41) is 6.27. The van der Waals surface area contributed by atoms with E-state index in [-0.39, 0.29) is 11.8 Å². The van der Waals surface area contributed by atoms with E-state index in [4.69, 9.17) is 4.74 Å². The van der Waals surface area contributed by atoms with Gasteiger partial charge in [0.25, 0.3) is 0 Å². The summed E-state index contributed by atoms with van der Waals surface area (Å²) in [6.45, 7) is 5.07. The molecule has 20 heavy (non-hydrogen) atoms. The number of anilines is 1. The Hall–Kier alpha value is -1.55. The number of carbonyl (C=O) groups excluding carboxylic acids is 1. The summed E-state index contributed by atoms with van der Waals surface area (Å²) in [5.41, 5.74) is 2.18. The molecule has 0 aromatic heterocycles. The van der Waals surface area contributed by atoms with E-state index in [2.05, 4.69) is 17.6 Å². The van der Waals surface area contributed by atoms with Crippen molar-refractivity contribution in [3.63, 3.8) is 0 Å². The van der Waals surface area contributed by atoms with E-state index in [9.17, 15) is 4.79 Å². The summed E-state index contributed by atoms with van der Waals surface area (Å²) in [6, 6.07) is 8.01. The minimum atomic E-state index is -0.0628. The second-order valence-electron chi connectivity index (χ2n) is 5.13. The van der Waals surface area contributed by atoms with E-state index in [1.807, 2.05) is 24.3 Å². The Morgan fingerprint density at radius 2 is 2.15 bits per heavy atom. The van der Waals surface area contributed by atoms with Crippen LogP contribution in [0.4, 0.5) is 5.69 Å². The zero-order valence-corrected chi connectivity index (χ0v) is 12.2. The van der Waals surface area contributed by atoms with Gasteiger partial charge in [0.05, 0.1) is 5.92 Å². The van der Waals surface area contributed by atoms with E-state index in [0.717, 1.165) is 43.7 Å². The fraction of sp³-hybridized carbons (Fsp3) is 0.562. The maximum Gasteiger partial charge on any atom is 0.229 e. The topological polar surface area (TPSA) is 50.4 Å². The Kier molecular flexibility index (Phi) is 5.87. The molecule has 4 nitrogen and oxygen atoms in total. The van der Waals surface area contributed by atoms with Gasteiger partial charge in [0.15, 0.2) is 0 Å². The number of ether oxygens (including phenoxy) is 1. The number of rotatable bonds is 8. The Morgan fingerprint density at radius 3 is 3.00 bits per heavy atom. The molecule has 0 radical (unpaired) electrons. The maximum absolute atomic E-state index is 12.2. The first kappa shape index (κ1) is 14.9. The highest BCUT2D eigenvalue weighted by molar-refractivity contribution is 5.88. The van der Waals surface area contributed by atoms with Gasteiger partial charge in [0.2, 0.25) is 5.91 Å². The molecule has 0 bridgehead atoms. The Balaban J connectivity index is 1.66. The predicted octanol–water partition coefficient (Wildman–Crippen LogP) is 2.52. The third-order valence-electron chi connectivity index (χ3n) is 3.56. The molecule has 0 fully saturated rings. The monoisotopic (exact) mass is 276 g/mol. The summed E-state index contributed by atoms with van der Waals surface area (Å²) in [5.74, 6) is 0.0446. The molecule has 1 aliphatic heterocycles. The number of hydrogen-bond acceptors (Lipinski definition) is 3. The minimum Gasteiger partial charge on any atom is -0.384 e. The molecule has 1 unspecified atom stereocenters. The average molecular weight is 276 g/mol. The van der Waals surface area contributed by atoms with Crippen molar-refractivity contribution in [3.8, 4) is 0 Å². The number of nitrogens with one attached hydrogen (secondary N) is 2. The van der Waals surface area contributed by atoms with Gasteiger partial charge in [-0.15, -0.1) is 0 Å². The van der Waals surface area contributed by atoms with Crippen molar-refractivity contribution >= 4 is 11.6 Å². The van der Waals surface area contributed by atoms with E-state index in [1.54, 1.807) is 0 Å². The lowest BCUT2D eigenvalue weighted by Gasteiger charge is -2.11. The number of fused-ring (bicyclic) bond motifs is 1. The van der Waals surface area contributed by atoms with Crippen LogP contribution in [0.2, 0.25) is 0 Å². The molecule has 0 spiro atoms. The van der Waals surface area contributed by atoms with Crippen LogP contribution < -0.4 is 10.6 Å². The van der Waals surface area contributed by atoms with Crippen LogP contribution in [0.5, 0.6) is 0 Å². The average Bonchev–Trinajstić information content (AvgIpc) is 2.90. The van der Waals surface area contributed by atoms with Gasteiger partial charge in [-0.3, -0.25) is 4.79 Å². The Labute approximate surface area is 120 Å². The summed E-state index contributed by atoms with van der Waals surface area (Å²) >= 11 is 0. The van der Waals surface area contributed by atoms with Crippen molar-refractivity contribution < 1.29 is 9.53 Å². The molecular formula is C16H24N2O2. The first-order valence-electron chi connectivity index (χ1n) is 7.51. The highest BCUT2D eigenvalue weighted by Gasteiger charge is 2.27. The smallest absolute Gasteiger partial charge is 0.229 e. The molecule has 1 heterocycles. The van der Waals surface area contributed by atoms with Crippen molar-refractivity contribution in [2.75, 3.05) is 31.6 Å². The van der Waals surface area contributed by atoms with Crippen LogP contribution in [-0.2, 0) is 9.53 Å². The van der Waals surface area contributed by atoms with E-state index in [1.165, 1.54) is 0 Å². The second-order valence-corrected chi connectivity index (χ2v) is 5.13. The lowest BCUT2D eigenvalue weighted by atomic mass is 10.0. The number of benzene rings is 1. The summed E-state index contributed by atoms with van der Waals surface area (Å²) in [6.07, 6.45) is 3.14. The number of unbranched alkanes of at least 4 members (excludes halogenated alkanes) is 1. The molecule has 0 saturated heterocycles. The number of amides is 1. The summed E-state index contributed by atoms with van der Waals surface area (Å²) in [7, 11) is 0. The Morgan fingerprint density at radius 1 is 1.35 bits per heavy atom. The van der Waals surface area contributed by atoms with Gasteiger partial charge in [0.1, 0.15) is 0 Å². The number of carbonyl (C=O) groups is 1. The normalized spacial score (nSPS) is 16.6. The molecule has 1 atom stereocenters. The fourth-order valence-corrected chi connectivity index (χ4v) is 2.38. The van der Waals surface area contributed by atoms with Crippen molar-refractivity contribution in [1.29, 1.82) is 0 Å². The molecule has 4 heteroatoms. The third-order valence-corrected chi connectivity index (χ3v) is 3.56. The zero-order valence-electron chi connectivity index (χ0n) is 12.2. The molecule has 2 rings (SSSR count). The van der Waals surface area contributed by atoms with Gasteiger partial charge in [-0.2, -0.15) is 0 Å². The van der Waals surface area contributed by atoms with Gasteiger partial charge in [-0.05, 0) is 24.5 Å². The standard InChI is InChI=1S/C16H24N2O2/c1-2-3-10-20-11-6-9-17-16(19)14-12-18-15-8-5-4-7-13(14)15/h4-5,7-8,14,18H,2-3,6,9-12H2,1H3,(H,17,19). The van der Waals surface area contributed by atoms with Crippen LogP contribution in [0.1, 0.15) is 37.7 Å². The highest BCUT2D eigenvalue weighted by Crippen LogP contribution is 2.30. The molecule has 2 N–H and O–H groups in total. The number of hydrogen-bond donors (Lipinski definition) is 2. The van der Waals surface area contributed by atoms with Crippen LogP contribution >= 0.6 is 0 Å². The molecule has 1 aromatic rings.